The van der Waals surface area contributed by atoms with Gasteiger partial charge in [0.05, 0.1) is 5.69 Å². The van der Waals surface area contributed by atoms with E-state index in [1.54, 1.807) is 0 Å². The maximum atomic E-state index is 11.8. The average Bonchev–Trinajstić information content (AvgIpc) is 2.47. The summed E-state index contributed by atoms with van der Waals surface area (Å²) in [6, 6.07) is 5.78. The van der Waals surface area contributed by atoms with Gasteiger partial charge in [0.1, 0.15) is 0 Å². The van der Waals surface area contributed by atoms with Gasteiger partial charge >= 0.3 is 0 Å². The Balaban J connectivity index is 0.00000106. The number of carbonyl (C=O) groups excluding carboxylic acids is 2. The summed E-state index contributed by atoms with van der Waals surface area (Å²) >= 11 is 0. The molecule has 0 saturated heterocycles. The van der Waals surface area contributed by atoms with Gasteiger partial charge in [0.15, 0.2) is 6.10 Å². The molecule has 0 aliphatic heterocycles. The van der Waals surface area contributed by atoms with Crippen molar-refractivity contribution in [2.24, 2.45) is 11.5 Å². The van der Waals surface area contributed by atoms with Crippen LogP contribution in [0.2, 0.25) is 0 Å². The van der Waals surface area contributed by atoms with Crippen molar-refractivity contribution in [1.82, 2.24) is 4.98 Å². The Morgan fingerprint density at radius 3 is 2.33 bits per heavy atom. The highest BCUT2D eigenvalue weighted by atomic mass is 16.3. The number of amides is 2. The van der Waals surface area contributed by atoms with Crippen molar-refractivity contribution in [3.05, 3.63) is 45.9 Å². The number of nitrogens with two attached hydrogens (primary N) is 2. The lowest BCUT2D eigenvalue weighted by atomic mass is 10.0. The van der Waals surface area contributed by atoms with Gasteiger partial charge in [0.2, 0.25) is 5.91 Å². The predicted octanol–water partition coefficient (Wildman–Crippen LogP) is 0.172. The van der Waals surface area contributed by atoms with Crippen LogP contribution in [0, 0.1) is 0 Å². The number of hydrogen-bond acceptors (Lipinski definition) is 4. The van der Waals surface area contributed by atoms with Gasteiger partial charge < -0.3 is 21.6 Å². The van der Waals surface area contributed by atoms with Crippen LogP contribution in [-0.2, 0) is 4.79 Å². The van der Waals surface area contributed by atoms with E-state index in [2.05, 4.69) is 4.98 Å². The molecule has 0 fully saturated rings. The number of aliphatic hydroxyl groups is 1. The largest absolute Gasteiger partial charge is 0.377 e. The van der Waals surface area contributed by atoms with Gasteiger partial charge in [-0.25, -0.2) is 0 Å². The first-order valence-corrected chi connectivity index (χ1v) is 6.35. The van der Waals surface area contributed by atoms with Crippen molar-refractivity contribution >= 4 is 22.6 Å². The molecule has 0 aliphatic carbocycles. The van der Waals surface area contributed by atoms with Gasteiger partial charge in [-0.1, -0.05) is 19.9 Å². The number of H-pyrrole nitrogens is 1. The van der Waals surface area contributed by atoms with Crippen LogP contribution in [0.15, 0.2) is 29.1 Å². The number of fused-ring (bicyclic) bond motifs is 1. The van der Waals surface area contributed by atoms with Gasteiger partial charge in [-0.05, 0) is 18.2 Å². The lowest BCUT2D eigenvalue weighted by Gasteiger charge is -2.09. The summed E-state index contributed by atoms with van der Waals surface area (Å²) in [6.45, 7) is 4.00. The summed E-state index contributed by atoms with van der Waals surface area (Å²) in [5.41, 5.74) is 9.66. The minimum absolute atomic E-state index is 0.0845. The van der Waals surface area contributed by atoms with Crippen LogP contribution in [-0.4, -0.2) is 21.9 Å². The molecular weight excluding hydrogens is 274 g/mol. The number of benzene rings is 1. The predicted molar refractivity (Wildman–Crippen MR) is 78.6 cm³/mol. The second kappa shape index (κ2) is 6.67. The molecule has 0 spiro atoms. The minimum Gasteiger partial charge on any atom is -0.377 e. The Hall–Kier alpha value is -2.67. The molecule has 1 heterocycles. The number of primary amides is 2. The summed E-state index contributed by atoms with van der Waals surface area (Å²) in [7, 11) is 0. The molecule has 1 aromatic carbocycles. The van der Waals surface area contributed by atoms with E-state index in [-0.39, 0.29) is 22.0 Å². The molecule has 2 aromatic rings. The molecule has 6 N–H and O–H groups in total. The SMILES string of the molecule is CC.NC(=O)c1cccc2c(=O)[nH]c(C(O)C(N)=O)cc12. The minimum atomic E-state index is -1.65. The van der Waals surface area contributed by atoms with Crippen molar-refractivity contribution in [2.45, 2.75) is 20.0 Å². The first kappa shape index (κ1) is 16.4. The summed E-state index contributed by atoms with van der Waals surface area (Å²) < 4.78 is 0. The van der Waals surface area contributed by atoms with Crippen LogP contribution in [0.25, 0.3) is 10.8 Å². The van der Waals surface area contributed by atoms with Crippen molar-refractivity contribution in [2.75, 3.05) is 0 Å². The van der Waals surface area contributed by atoms with Crippen molar-refractivity contribution in [1.29, 1.82) is 0 Å². The Bertz CT molecular complexity index is 737. The van der Waals surface area contributed by atoms with E-state index in [4.69, 9.17) is 11.5 Å². The lowest BCUT2D eigenvalue weighted by Crippen LogP contribution is -2.24. The van der Waals surface area contributed by atoms with Gasteiger partial charge in [0.25, 0.3) is 11.5 Å². The smallest absolute Gasteiger partial charge is 0.256 e. The fourth-order valence-corrected chi connectivity index (χ4v) is 1.82. The zero-order valence-corrected chi connectivity index (χ0v) is 11.7. The molecule has 1 atom stereocenters. The van der Waals surface area contributed by atoms with E-state index in [9.17, 15) is 19.5 Å². The second-order valence-corrected chi connectivity index (χ2v) is 3.99. The van der Waals surface area contributed by atoms with Gasteiger partial charge in [0, 0.05) is 16.3 Å². The van der Waals surface area contributed by atoms with Crippen LogP contribution in [0.1, 0.15) is 36.0 Å². The van der Waals surface area contributed by atoms with E-state index >= 15 is 0 Å². The Labute approximate surface area is 120 Å². The molecule has 1 aromatic heterocycles. The van der Waals surface area contributed by atoms with Gasteiger partial charge in [-0.3, -0.25) is 14.4 Å². The molecule has 0 bridgehead atoms. The summed E-state index contributed by atoms with van der Waals surface area (Å²) in [4.78, 5) is 36.4. The summed E-state index contributed by atoms with van der Waals surface area (Å²) in [5, 5.41) is 10.0. The lowest BCUT2D eigenvalue weighted by molar-refractivity contribution is -0.126. The number of rotatable bonds is 3. The molecule has 112 valence electrons. The first-order valence-electron chi connectivity index (χ1n) is 6.35. The van der Waals surface area contributed by atoms with Crippen molar-refractivity contribution in [3.8, 4) is 0 Å². The molecule has 21 heavy (non-hydrogen) atoms. The molecule has 7 nitrogen and oxygen atoms in total. The van der Waals surface area contributed by atoms with Crippen LogP contribution < -0.4 is 17.0 Å². The normalized spacial score (nSPS) is 11.4. The molecule has 0 radical (unpaired) electrons. The number of aromatic nitrogens is 1. The van der Waals surface area contributed by atoms with Gasteiger partial charge in [-0.2, -0.15) is 0 Å². The molecular formula is C14H17N3O4. The number of nitrogens with one attached hydrogen (secondary N) is 1. The van der Waals surface area contributed by atoms with E-state index in [1.807, 2.05) is 13.8 Å². The van der Waals surface area contributed by atoms with Crippen molar-refractivity contribution in [3.63, 3.8) is 0 Å². The van der Waals surface area contributed by atoms with E-state index in [0.29, 0.717) is 0 Å². The van der Waals surface area contributed by atoms with Crippen molar-refractivity contribution < 1.29 is 14.7 Å². The van der Waals surface area contributed by atoms with Crippen LogP contribution >= 0.6 is 0 Å². The quantitative estimate of drug-likeness (QED) is 0.640. The highest BCUT2D eigenvalue weighted by molar-refractivity contribution is 6.06. The summed E-state index contributed by atoms with van der Waals surface area (Å²) in [5.74, 6) is -1.72. The van der Waals surface area contributed by atoms with Gasteiger partial charge in [-0.15, -0.1) is 0 Å². The molecule has 2 amide bonds. The topological polar surface area (TPSA) is 139 Å². The van der Waals surface area contributed by atoms with Crippen LogP contribution in [0.4, 0.5) is 0 Å². The average molecular weight is 291 g/mol. The molecule has 7 heteroatoms. The zero-order valence-electron chi connectivity index (χ0n) is 11.7. The first-order chi connectivity index (χ1) is 9.91. The van der Waals surface area contributed by atoms with E-state index < -0.39 is 23.5 Å². The fourth-order valence-electron chi connectivity index (χ4n) is 1.82. The van der Waals surface area contributed by atoms with E-state index in [0.717, 1.165) is 0 Å². The third kappa shape index (κ3) is 3.26. The Morgan fingerprint density at radius 2 is 1.81 bits per heavy atom. The third-order valence-electron chi connectivity index (χ3n) is 2.74. The monoisotopic (exact) mass is 291 g/mol. The standard InChI is InChI=1S/C12H11N3O4.C2H6/c13-10(17)5-2-1-3-6-7(5)4-8(15-12(6)19)9(16)11(14)18;1-2/h1-4,9,16H,(H2,13,17)(H2,14,18)(H,15,19);1-2H3. The zero-order chi connectivity index (χ0) is 16.2. The molecule has 1 unspecified atom stereocenters. The highest BCUT2D eigenvalue weighted by Crippen LogP contribution is 2.19. The second-order valence-electron chi connectivity index (χ2n) is 3.99. The van der Waals surface area contributed by atoms with E-state index in [1.165, 1.54) is 24.3 Å². The molecule has 2 rings (SSSR count). The fraction of sp³-hybridized carbons (Fsp3) is 0.214. The number of pyridine rings is 1. The Kier molecular flexibility index (Phi) is 5.20. The maximum Gasteiger partial charge on any atom is 0.256 e. The molecule has 0 saturated carbocycles. The Morgan fingerprint density at radius 1 is 1.19 bits per heavy atom. The third-order valence-corrected chi connectivity index (χ3v) is 2.74. The van der Waals surface area contributed by atoms with Crippen LogP contribution in [0.5, 0.6) is 0 Å². The summed E-state index contributed by atoms with van der Waals surface area (Å²) in [6.07, 6.45) is -1.65. The highest BCUT2D eigenvalue weighted by Gasteiger charge is 2.17. The maximum absolute atomic E-state index is 11.8. The number of aliphatic hydroxyl groups excluding tert-OH is 1. The van der Waals surface area contributed by atoms with Crippen LogP contribution in [0.3, 0.4) is 0 Å². The number of hydrogen-bond donors (Lipinski definition) is 4. The number of carbonyl (C=O) groups is 2. The number of aromatic amines is 1. The molecule has 0 aliphatic rings.